The number of amides is 2. The SMILES string of the molecule is CCc1ccc(N(CCCC(=O)N(Cc2ccc(Cl)cc2)[C@H](C)C(=O)NC2CCCC2)S(C)(=O)=O)cc1. The predicted octanol–water partition coefficient (Wildman–Crippen LogP) is 4.92. The number of hydrogen-bond donors (Lipinski definition) is 1. The van der Waals surface area contributed by atoms with Gasteiger partial charge >= 0.3 is 0 Å². The Labute approximate surface area is 226 Å². The molecule has 0 bridgehead atoms. The molecule has 2 aromatic carbocycles. The maximum atomic E-state index is 13.4. The highest BCUT2D eigenvalue weighted by atomic mass is 35.5. The number of sulfonamides is 1. The molecule has 0 aliphatic heterocycles. The molecule has 1 aliphatic carbocycles. The zero-order chi connectivity index (χ0) is 27.0. The summed E-state index contributed by atoms with van der Waals surface area (Å²) in [6, 6.07) is 14.1. The van der Waals surface area contributed by atoms with Crippen LogP contribution in [-0.4, -0.2) is 50.0 Å². The molecule has 0 heterocycles. The fourth-order valence-electron chi connectivity index (χ4n) is 4.66. The number of carbonyl (C=O) groups excluding carboxylic acids is 2. The van der Waals surface area contributed by atoms with Crippen LogP contribution in [0.4, 0.5) is 5.69 Å². The van der Waals surface area contributed by atoms with Gasteiger partial charge in [-0.1, -0.05) is 55.6 Å². The lowest BCUT2D eigenvalue weighted by Gasteiger charge is -2.30. The molecule has 0 spiro atoms. The molecule has 0 radical (unpaired) electrons. The average molecular weight is 548 g/mol. The van der Waals surface area contributed by atoms with Crippen molar-refractivity contribution in [3.05, 3.63) is 64.7 Å². The van der Waals surface area contributed by atoms with E-state index >= 15 is 0 Å². The Morgan fingerprint density at radius 1 is 1.03 bits per heavy atom. The van der Waals surface area contributed by atoms with Crippen LogP contribution in [0.1, 0.15) is 63.5 Å². The van der Waals surface area contributed by atoms with Crippen molar-refractivity contribution in [2.75, 3.05) is 17.1 Å². The molecule has 0 saturated heterocycles. The van der Waals surface area contributed by atoms with Gasteiger partial charge in [0.1, 0.15) is 6.04 Å². The molecule has 1 saturated carbocycles. The minimum Gasteiger partial charge on any atom is -0.352 e. The third-order valence-corrected chi connectivity index (χ3v) is 8.37. The van der Waals surface area contributed by atoms with Gasteiger partial charge in [-0.05, 0) is 68.0 Å². The van der Waals surface area contributed by atoms with Crippen LogP contribution in [0.25, 0.3) is 0 Å². The Morgan fingerprint density at radius 2 is 1.62 bits per heavy atom. The topological polar surface area (TPSA) is 86.8 Å². The zero-order valence-electron chi connectivity index (χ0n) is 22.0. The standard InChI is InChI=1S/C28H38ClN3O4S/c1-4-22-13-17-26(18-14-22)32(37(3,35)36)19-7-10-27(33)31(20-23-11-15-24(29)16-12-23)21(2)28(34)30-25-8-5-6-9-25/h11-18,21,25H,4-10,19-20H2,1-3H3,(H,30,34)/t21-/m1/s1. The first-order valence-electron chi connectivity index (χ1n) is 13.0. The second kappa shape index (κ2) is 13.3. The summed E-state index contributed by atoms with van der Waals surface area (Å²) in [6.45, 7) is 4.23. The first-order chi connectivity index (χ1) is 17.6. The van der Waals surface area contributed by atoms with E-state index in [-0.39, 0.29) is 37.4 Å². The largest absolute Gasteiger partial charge is 0.352 e. The first-order valence-corrected chi connectivity index (χ1v) is 15.2. The maximum Gasteiger partial charge on any atom is 0.242 e. The molecule has 202 valence electrons. The monoisotopic (exact) mass is 547 g/mol. The highest BCUT2D eigenvalue weighted by molar-refractivity contribution is 7.92. The molecule has 37 heavy (non-hydrogen) atoms. The summed E-state index contributed by atoms with van der Waals surface area (Å²) in [4.78, 5) is 28.0. The molecule has 2 amide bonds. The number of anilines is 1. The number of benzene rings is 2. The van der Waals surface area contributed by atoms with Gasteiger partial charge in [0, 0.05) is 30.6 Å². The molecule has 3 rings (SSSR count). The van der Waals surface area contributed by atoms with Crippen LogP contribution in [0.2, 0.25) is 5.02 Å². The zero-order valence-corrected chi connectivity index (χ0v) is 23.5. The smallest absolute Gasteiger partial charge is 0.242 e. The van der Waals surface area contributed by atoms with Crippen molar-refractivity contribution in [1.29, 1.82) is 0 Å². The molecule has 0 unspecified atom stereocenters. The Kier molecular flexibility index (Phi) is 10.4. The third-order valence-electron chi connectivity index (χ3n) is 6.92. The lowest BCUT2D eigenvalue weighted by molar-refractivity contribution is -0.141. The summed E-state index contributed by atoms with van der Waals surface area (Å²) >= 11 is 6.02. The van der Waals surface area contributed by atoms with Gasteiger partial charge < -0.3 is 10.2 Å². The van der Waals surface area contributed by atoms with Gasteiger partial charge in [-0.25, -0.2) is 8.42 Å². The van der Waals surface area contributed by atoms with E-state index < -0.39 is 16.1 Å². The number of halogens is 1. The Hall–Kier alpha value is -2.58. The van der Waals surface area contributed by atoms with Crippen LogP contribution >= 0.6 is 11.6 Å². The number of carbonyl (C=O) groups is 2. The van der Waals surface area contributed by atoms with Crippen molar-refractivity contribution in [2.45, 2.75) is 77.4 Å². The van der Waals surface area contributed by atoms with Crippen LogP contribution in [-0.2, 0) is 32.6 Å². The van der Waals surface area contributed by atoms with E-state index in [1.807, 2.05) is 31.2 Å². The van der Waals surface area contributed by atoms with Crippen molar-refractivity contribution in [2.24, 2.45) is 0 Å². The third kappa shape index (κ3) is 8.47. The Balaban J connectivity index is 1.70. The minimum absolute atomic E-state index is 0.119. The van der Waals surface area contributed by atoms with Gasteiger partial charge in [-0.15, -0.1) is 0 Å². The van der Waals surface area contributed by atoms with Crippen molar-refractivity contribution < 1.29 is 18.0 Å². The lowest BCUT2D eigenvalue weighted by atomic mass is 10.1. The van der Waals surface area contributed by atoms with Gasteiger partial charge in [0.15, 0.2) is 0 Å². The second-order valence-corrected chi connectivity index (χ2v) is 12.1. The minimum atomic E-state index is -3.52. The maximum absolute atomic E-state index is 13.4. The summed E-state index contributed by atoms with van der Waals surface area (Å²) in [5, 5.41) is 3.69. The van der Waals surface area contributed by atoms with Crippen molar-refractivity contribution in [3.63, 3.8) is 0 Å². The molecule has 9 heteroatoms. The molecule has 1 atom stereocenters. The van der Waals surface area contributed by atoms with E-state index in [0.717, 1.165) is 43.2 Å². The number of rotatable bonds is 12. The predicted molar refractivity (Wildman–Crippen MR) is 149 cm³/mol. The van der Waals surface area contributed by atoms with E-state index in [0.29, 0.717) is 17.1 Å². The van der Waals surface area contributed by atoms with E-state index in [2.05, 4.69) is 5.32 Å². The molecule has 1 fully saturated rings. The van der Waals surface area contributed by atoms with Gasteiger partial charge in [-0.2, -0.15) is 0 Å². The summed E-state index contributed by atoms with van der Waals surface area (Å²) < 4.78 is 26.3. The molecular weight excluding hydrogens is 510 g/mol. The van der Waals surface area contributed by atoms with Crippen molar-refractivity contribution >= 4 is 39.1 Å². The summed E-state index contributed by atoms with van der Waals surface area (Å²) in [5.41, 5.74) is 2.57. The van der Waals surface area contributed by atoms with E-state index in [1.165, 1.54) is 10.6 Å². The number of hydrogen-bond acceptors (Lipinski definition) is 4. The van der Waals surface area contributed by atoms with Crippen LogP contribution in [0.5, 0.6) is 0 Å². The summed E-state index contributed by atoms with van der Waals surface area (Å²) in [7, 11) is -3.52. The fourth-order valence-corrected chi connectivity index (χ4v) is 5.75. The van der Waals surface area contributed by atoms with Crippen molar-refractivity contribution in [1.82, 2.24) is 10.2 Å². The molecule has 7 nitrogen and oxygen atoms in total. The van der Waals surface area contributed by atoms with Crippen LogP contribution in [0.3, 0.4) is 0 Å². The molecule has 2 aromatic rings. The Bertz CT molecular complexity index is 1150. The fraction of sp³-hybridized carbons (Fsp3) is 0.500. The van der Waals surface area contributed by atoms with E-state index in [1.54, 1.807) is 36.1 Å². The quantitative estimate of drug-likeness (QED) is 0.408. The van der Waals surface area contributed by atoms with Gasteiger partial charge in [0.25, 0.3) is 0 Å². The first kappa shape index (κ1) is 29.0. The molecule has 1 aliphatic rings. The van der Waals surface area contributed by atoms with Gasteiger partial charge in [-0.3, -0.25) is 13.9 Å². The number of nitrogens with zero attached hydrogens (tertiary/aromatic N) is 2. The van der Waals surface area contributed by atoms with Crippen molar-refractivity contribution in [3.8, 4) is 0 Å². The second-order valence-electron chi connectivity index (χ2n) is 9.77. The highest BCUT2D eigenvalue weighted by Crippen LogP contribution is 2.21. The number of nitrogens with one attached hydrogen (secondary N) is 1. The molecule has 1 N–H and O–H groups in total. The highest BCUT2D eigenvalue weighted by Gasteiger charge is 2.28. The lowest BCUT2D eigenvalue weighted by Crippen LogP contribution is -2.49. The van der Waals surface area contributed by atoms with E-state index in [9.17, 15) is 18.0 Å². The van der Waals surface area contributed by atoms with Crippen LogP contribution in [0, 0.1) is 0 Å². The van der Waals surface area contributed by atoms with Crippen LogP contribution in [0.15, 0.2) is 48.5 Å². The van der Waals surface area contributed by atoms with Gasteiger partial charge in [0.05, 0.1) is 11.9 Å². The normalized spacial score (nSPS) is 14.8. The molecular formula is C28H38ClN3O4S. The summed E-state index contributed by atoms with van der Waals surface area (Å²) in [6.07, 6.45) is 6.61. The molecule has 0 aromatic heterocycles. The number of aryl methyl sites for hydroxylation is 1. The average Bonchev–Trinajstić information content (AvgIpc) is 3.38. The van der Waals surface area contributed by atoms with Crippen LogP contribution < -0.4 is 9.62 Å². The van der Waals surface area contributed by atoms with Gasteiger partial charge in [0.2, 0.25) is 21.8 Å². The Morgan fingerprint density at radius 3 is 2.19 bits per heavy atom. The summed E-state index contributed by atoms with van der Waals surface area (Å²) in [5.74, 6) is -0.359. The van der Waals surface area contributed by atoms with E-state index in [4.69, 9.17) is 11.6 Å².